The fraction of sp³-hybridized carbons (Fsp3) is 0.150. The Morgan fingerprint density at radius 2 is 1.82 bits per heavy atom. The van der Waals surface area contributed by atoms with Crippen molar-refractivity contribution in [1.82, 2.24) is 10.3 Å². The number of primary amides is 1. The summed E-state index contributed by atoms with van der Waals surface area (Å²) in [4.78, 5) is 41.6. The third-order valence-corrected chi connectivity index (χ3v) is 5.16. The van der Waals surface area contributed by atoms with Gasteiger partial charge in [0, 0.05) is 11.2 Å². The van der Waals surface area contributed by atoms with Gasteiger partial charge in [-0.25, -0.2) is 4.98 Å². The number of hydrogen-bond acceptors (Lipinski definition) is 6. The van der Waals surface area contributed by atoms with Gasteiger partial charge in [-0.15, -0.1) is 0 Å². The second kappa shape index (κ2) is 11.0. The predicted molar refractivity (Wildman–Crippen MR) is 133 cm³/mol. The molecule has 0 fully saturated rings. The quantitative estimate of drug-likeness (QED) is 0.234. The summed E-state index contributed by atoms with van der Waals surface area (Å²) in [5.41, 5.74) is 3.60. The van der Waals surface area contributed by atoms with Crippen molar-refractivity contribution in [3.63, 3.8) is 0 Å². The number of anilines is 2. The van der Waals surface area contributed by atoms with Crippen molar-refractivity contribution < 1.29 is 14.4 Å². The Balaban J connectivity index is 2.44. The lowest BCUT2D eigenvalue weighted by atomic mass is 10.0. The van der Waals surface area contributed by atoms with Gasteiger partial charge in [0.15, 0.2) is 0 Å². The van der Waals surface area contributed by atoms with Crippen LogP contribution >= 0.6 is 50.7 Å². The molecule has 0 bridgehead atoms. The van der Waals surface area contributed by atoms with Crippen LogP contribution in [-0.4, -0.2) is 32.9 Å². The number of carbonyl (C=O) groups excluding carboxylic acids is 3. The molecule has 6 N–H and O–H groups in total. The van der Waals surface area contributed by atoms with E-state index in [-0.39, 0.29) is 42.5 Å². The number of aromatic nitrogens is 1. The number of allylic oxidation sites excluding steroid dienone is 1. The third kappa shape index (κ3) is 7.16. The van der Waals surface area contributed by atoms with Gasteiger partial charge in [0.25, 0.3) is 11.8 Å². The van der Waals surface area contributed by atoms with Crippen LogP contribution in [0.5, 0.6) is 0 Å². The number of rotatable bonds is 8. The highest BCUT2D eigenvalue weighted by molar-refractivity contribution is 9.18. The number of amides is 3. The normalized spacial score (nSPS) is 11.5. The summed E-state index contributed by atoms with van der Waals surface area (Å²) in [6.07, 6.45) is 2.63. The van der Waals surface area contributed by atoms with Gasteiger partial charge in [0.05, 0.1) is 25.9 Å². The molecule has 13 heteroatoms. The first kappa shape index (κ1) is 26.6. The Kier molecular flexibility index (Phi) is 8.84. The molecule has 2 rings (SSSR count). The summed E-state index contributed by atoms with van der Waals surface area (Å²) in [5, 5.41) is 15.7. The van der Waals surface area contributed by atoms with Crippen LogP contribution in [-0.2, 0) is 9.59 Å². The van der Waals surface area contributed by atoms with Gasteiger partial charge in [-0.3, -0.25) is 19.8 Å². The van der Waals surface area contributed by atoms with Crippen molar-refractivity contribution in [3.8, 4) is 0 Å². The molecule has 0 atom stereocenters. The molecule has 0 aliphatic heterocycles. The van der Waals surface area contributed by atoms with Gasteiger partial charge in [0.1, 0.15) is 17.1 Å². The molecule has 2 aromatic rings. The molecule has 9 nitrogen and oxygen atoms in total. The molecule has 3 amide bonds. The van der Waals surface area contributed by atoms with Crippen molar-refractivity contribution in [3.05, 3.63) is 62.9 Å². The van der Waals surface area contributed by atoms with E-state index < -0.39 is 23.3 Å². The van der Waals surface area contributed by atoms with Gasteiger partial charge in [-0.2, -0.15) is 0 Å². The number of nitrogens with two attached hydrogens (primary N) is 1. The maximum Gasteiger partial charge on any atom is 0.272 e. The largest absolute Gasteiger partial charge is 0.368 e. The van der Waals surface area contributed by atoms with Crippen LogP contribution in [0.25, 0.3) is 0 Å². The molecule has 0 aliphatic carbocycles. The maximum absolute atomic E-state index is 13.0. The fourth-order valence-corrected chi connectivity index (χ4v) is 3.30. The first-order chi connectivity index (χ1) is 15.3. The molecular weight excluding hydrogens is 559 g/mol. The molecule has 0 saturated heterocycles. The van der Waals surface area contributed by atoms with E-state index in [0.717, 1.165) is 0 Å². The summed E-state index contributed by atoms with van der Waals surface area (Å²) in [5.74, 6) is -2.13. The Morgan fingerprint density at radius 3 is 2.39 bits per heavy atom. The Labute approximate surface area is 212 Å². The summed E-state index contributed by atoms with van der Waals surface area (Å²) in [6.45, 7) is 2.83. The minimum absolute atomic E-state index is 0.0398. The van der Waals surface area contributed by atoms with E-state index in [4.69, 9.17) is 45.9 Å². The zero-order valence-corrected chi connectivity index (χ0v) is 21.1. The molecule has 1 aromatic heterocycles. The van der Waals surface area contributed by atoms with E-state index in [1.54, 1.807) is 12.1 Å². The van der Waals surface area contributed by atoms with Gasteiger partial charge in [0.2, 0.25) is 5.91 Å². The van der Waals surface area contributed by atoms with Crippen molar-refractivity contribution in [1.29, 1.82) is 5.41 Å². The van der Waals surface area contributed by atoms with Crippen LogP contribution in [0.4, 0.5) is 11.5 Å². The van der Waals surface area contributed by atoms with Crippen molar-refractivity contribution >= 4 is 84.6 Å². The Morgan fingerprint density at radius 1 is 1.15 bits per heavy atom. The zero-order chi connectivity index (χ0) is 24.9. The number of nitrogens with zero attached hydrogens (tertiary/aromatic N) is 1. The molecule has 0 spiro atoms. The predicted octanol–water partition coefficient (Wildman–Crippen LogP) is 4.34. The van der Waals surface area contributed by atoms with Crippen LogP contribution in [0.2, 0.25) is 15.1 Å². The van der Waals surface area contributed by atoms with Crippen LogP contribution in [0, 0.1) is 5.41 Å². The van der Waals surface area contributed by atoms with Crippen molar-refractivity contribution in [2.24, 2.45) is 5.73 Å². The van der Waals surface area contributed by atoms with E-state index in [9.17, 15) is 14.4 Å². The van der Waals surface area contributed by atoms with Crippen LogP contribution in [0.1, 0.15) is 24.2 Å². The highest BCUT2D eigenvalue weighted by Gasteiger charge is 2.29. The highest BCUT2D eigenvalue weighted by atomic mass is 79.9. The summed E-state index contributed by atoms with van der Waals surface area (Å²) in [7, 11) is 0. The zero-order valence-electron chi connectivity index (χ0n) is 17.2. The molecule has 0 aliphatic rings. The number of benzene rings is 1. The molecule has 174 valence electrons. The van der Waals surface area contributed by atoms with Gasteiger partial charge in [-0.1, -0.05) is 34.8 Å². The summed E-state index contributed by atoms with van der Waals surface area (Å²) < 4.78 is -0.129. The Hall–Kier alpha value is -2.66. The van der Waals surface area contributed by atoms with Gasteiger partial charge >= 0.3 is 0 Å². The summed E-state index contributed by atoms with van der Waals surface area (Å²) >= 11 is 21.3. The van der Waals surface area contributed by atoms with E-state index >= 15 is 0 Å². The first-order valence-corrected chi connectivity index (χ1v) is 11.0. The van der Waals surface area contributed by atoms with Crippen LogP contribution in [0.3, 0.4) is 0 Å². The molecule has 1 heterocycles. The second-order valence-electron chi connectivity index (χ2n) is 7.07. The minimum Gasteiger partial charge on any atom is -0.368 e. The first-order valence-electron chi connectivity index (χ1n) is 9.08. The maximum atomic E-state index is 13.0. The van der Waals surface area contributed by atoms with E-state index in [1.807, 2.05) is 0 Å². The van der Waals surface area contributed by atoms with Gasteiger partial charge < -0.3 is 21.7 Å². The van der Waals surface area contributed by atoms with E-state index in [2.05, 4.69) is 36.9 Å². The number of hydrogen-bond donors (Lipinski definition) is 5. The van der Waals surface area contributed by atoms with Gasteiger partial charge in [-0.05, 0) is 60.1 Å². The minimum atomic E-state index is -1.39. The monoisotopic (exact) mass is 574 g/mol. The fourth-order valence-electron chi connectivity index (χ4n) is 2.36. The smallest absolute Gasteiger partial charge is 0.272 e. The summed E-state index contributed by atoms with van der Waals surface area (Å²) in [6, 6.07) is 5.77. The number of halogens is 4. The van der Waals surface area contributed by atoms with Crippen molar-refractivity contribution in [2.75, 3.05) is 10.6 Å². The molecule has 33 heavy (non-hydrogen) atoms. The van der Waals surface area contributed by atoms with Crippen LogP contribution < -0.4 is 21.7 Å². The lowest BCUT2D eigenvalue weighted by Gasteiger charge is -2.23. The molecule has 0 radical (unpaired) electrons. The lowest BCUT2D eigenvalue weighted by molar-refractivity contribution is -0.122. The number of carbonyl (C=O) groups is 3. The highest BCUT2D eigenvalue weighted by Crippen LogP contribution is 2.31. The Bertz CT molecular complexity index is 1170. The van der Waals surface area contributed by atoms with E-state index in [0.29, 0.717) is 0 Å². The average Bonchev–Trinajstić information content (AvgIpc) is 2.69. The molecular formula is C20H18BrCl3N6O3. The van der Waals surface area contributed by atoms with Crippen molar-refractivity contribution in [2.45, 2.75) is 19.4 Å². The topological polar surface area (TPSA) is 150 Å². The average molecular weight is 577 g/mol. The lowest BCUT2D eigenvalue weighted by Crippen LogP contribution is -2.53. The van der Waals surface area contributed by atoms with Crippen LogP contribution in [0.15, 0.2) is 42.2 Å². The second-order valence-corrected chi connectivity index (χ2v) is 9.18. The molecule has 0 saturated carbocycles. The standard InChI is InChI=1S/C20H18BrCl3N6O3/c1-20(2,19(26)33)30-17(31)10-6-9(22)7-12(24)15(10)29-18(32)13(8-14(21)25)28-16-11(23)4-3-5-27-16/h3-8,25H,1-2H3,(H2,26,33)(H,27,28)(H,29,32)(H,30,31)/b13-8-,25-14?. The molecule has 1 aromatic carbocycles. The third-order valence-electron chi connectivity index (χ3n) is 4.11. The molecule has 0 unspecified atom stereocenters. The SMILES string of the molecule is CC(C)(NC(=O)c1cc(Cl)cc(Cl)c1NC(=O)/C(=C/C(=N)Br)Nc1ncccc1Cl)C(N)=O. The number of nitrogens with one attached hydrogen (secondary N) is 4. The number of pyridine rings is 1. The van der Waals surface area contributed by atoms with E-state index in [1.165, 1.54) is 38.3 Å².